The first-order valence-electron chi connectivity index (χ1n) is 9.66. The molecule has 1 aliphatic rings. The van der Waals surface area contributed by atoms with Crippen LogP contribution in [0.5, 0.6) is 0 Å². The van der Waals surface area contributed by atoms with Crippen LogP contribution in [0.2, 0.25) is 5.02 Å². The van der Waals surface area contributed by atoms with Crippen LogP contribution in [0.1, 0.15) is 24.0 Å². The van der Waals surface area contributed by atoms with E-state index in [1.807, 2.05) is 30.3 Å². The molecule has 0 aliphatic carbocycles. The molecule has 3 rings (SSSR count). The zero-order valence-electron chi connectivity index (χ0n) is 16.3. The molecule has 0 saturated carbocycles. The van der Waals surface area contributed by atoms with Crippen LogP contribution in [0.25, 0.3) is 6.08 Å². The monoisotopic (exact) mass is 427 g/mol. The van der Waals surface area contributed by atoms with Crippen molar-refractivity contribution >= 4 is 35.2 Å². The van der Waals surface area contributed by atoms with Crippen molar-refractivity contribution in [1.82, 2.24) is 10.2 Å². The van der Waals surface area contributed by atoms with Gasteiger partial charge in [-0.15, -0.1) is 0 Å². The van der Waals surface area contributed by atoms with Crippen LogP contribution in [-0.4, -0.2) is 34.7 Å². The molecular weight excluding hydrogens is 406 g/mol. The zero-order chi connectivity index (χ0) is 21.5. The smallest absolute Gasteiger partial charge is 0.288 e. The maximum absolute atomic E-state index is 12.4. The van der Waals surface area contributed by atoms with Crippen LogP contribution in [0.3, 0.4) is 0 Å². The lowest BCUT2D eigenvalue weighted by Crippen LogP contribution is -2.42. The summed E-state index contributed by atoms with van der Waals surface area (Å²) in [5, 5.41) is 14.0. The average molecular weight is 428 g/mol. The van der Waals surface area contributed by atoms with Gasteiger partial charge in [0.2, 0.25) is 11.8 Å². The number of nitrogens with zero attached hydrogens (tertiary/aromatic N) is 2. The fourth-order valence-corrected chi connectivity index (χ4v) is 3.52. The molecule has 2 aromatic carbocycles. The maximum Gasteiger partial charge on any atom is 0.288 e. The Hall–Kier alpha value is -3.19. The summed E-state index contributed by atoms with van der Waals surface area (Å²) in [5.41, 5.74) is 1.37. The molecule has 1 saturated heterocycles. The Kier molecular flexibility index (Phi) is 7.19. The Bertz CT molecular complexity index is 954. The van der Waals surface area contributed by atoms with E-state index in [0.717, 1.165) is 5.56 Å². The van der Waals surface area contributed by atoms with Gasteiger partial charge in [-0.05, 0) is 36.1 Å². The minimum absolute atomic E-state index is 0.00923. The van der Waals surface area contributed by atoms with Crippen LogP contribution in [0.15, 0.2) is 54.6 Å². The van der Waals surface area contributed by atoms with Crippen molar-refractivity contribution in [2.45, 2.75) is 19.4 Å². The summed E-state index contributed by atoms with van der Waals surface area (Å²) in [7, 11) is 0. The van der Waals surface area contributed by atoms with E-state index in [-0.39, 0.29) is 28.4 Å². The molecule has 1 heterocycles. The molecule has 0 atom stereocenters. The van der Waals surface area contributed by atoms with E-state index in [2.05, 4.69) is 5.32 Å². The zero-order valence-corrected chi connectivity index (χ0v) is 17.0. The van der Waals surface area contributed by atoms with Crippen molar-refractivity contribution < 1.29 is 14.5 Å². The largest absolute Gasteiger partial charge is 0.352 e. The minimum Gasteiger partial charge on any atom is -0.352 e. The molecule has 8 heteroatoms. The lowest BCUT2D eigenvalue weighted by atomic mass is 9.95. The van der Waals surface area contributed by atoms with Crippen LogP contribution in [0, 0.1) is 16.0 Å². The Balaban J connectivity index is 1.49. The second-order valence-corrected chi connectivity index (χ2v) is 7.51. The quantitative estimate of drug-likeness (QED) is 0.431. The first-order valence-corrected chi connectivity index (χ1v) is 10.0. The Morgan fingerprint density at radius 1 is 1.17 bits per heavy atom. The van der Waals surface area contributed by atoms with E-state index in [1.165, 1.54) is 24.3 Å². The highest BCUT2D eigenvalue weighted by Crippen LogP contribution is 2.25. The van der Waals surface area contributed by atoms with Crippen molar-refractivity contribution in [3.63, 3.8) is 0 Å². The molecule has 0 aromatic heterocycles. The van der Waals surface area contributed by atoms with Crippen LogP contribution in [-0.2, 0) is 16.1 Å². The van der Waals surface area contributed by atoms with Gasteiger partial charge in [0.1, 0.15) is 5.02 Å². The fourth-order valence-electron chi connectivity index (χ4n) is 3.34. The van der Waals surface area contributed by atoms with Gasteiger partial charge in [0, 0.05) is 37.7 Å². The van der Waals surface area contributed by atoms with Gasteiger partial charge in [-0.3, -0.25) is 19.7 Å². The molecular formula is C22H22ClN3O4. The number of amides is 2. The molecule has 156 valence electrons. The van der Waals surface area contributed by atoms with Crippen molar-refractivity contribution in [1.29, 1.82) is 0 Å². The maximum atomic E-state index is 12.4. The van der Waals surface area contributed by atoms with E-state index < -0.39 is 4.92 Å². The molecule has 2 aromatic rings. The second-order valence-electron chi connectivity index (χ2n) is 7.10. The number of carbonyl (C=O) groups excluding carboxylic acids is 2. The van der Waals surface area contributed by atoms with Crippen molar-refractivity contribution in [3.8, 4) is 0 Å². The molecule has 1 aliphatic heterocycles. The molecule has 0 radical (unpaired) electrons. The first kappa shape index (κ1) is 21.5. The third-order valence-electron chi connectivity index (χ3n) is 5.07. The number of nitrogens with one attached hydrogen (secondary N) is 1. The molecule has 7 nitrogen and oxygen atoms in total. The van der Waals surface area contributed by atoms with Crippen LogP contribution >= 0.6 is 11.6 Å². The van der Waals surface area contributed by atoms with Gasteiger partial charge in [0.05, 0.1) is 4.92 Å². The number of benzene rings is 2. The van der Waals surface area contributed by atoms with Crippen molar-refractivity contribution in [3.05, 3.63) is 80.9 Å². The van der Waals surface area contributed by atoms with Gasteiger partial charge < -0.3 is 10.2 Å². The Morgan fingerprint density at radius 2 is 1.87 bits per heavy atom. The number of halogens is 1. The van der Waals surface area contributed by atoms with Crippen LogP contribution < -0.4 is 5.32 Å². The first-order chi connectivity index (χ1) is 14.4. The number of carbonyl (C=O) groups is 2. The van der Waals surface area contributed by atoms with E-state index in [0.29, 0.717) is 38.0 Å². The lowest BCUT2D eigenvalue weighted by Gasteiger charge is -2.30. The molecule has 0 bridgehead atoms. The topological polar surface area (TPSA) is 92.6 Å². The average Bonchev–Trinajstić information content (AvgIpc) is 2.77. The predicted molar refractivity (Wildman–Crippen MR) is 115 cm³/mol. The molecule has 0 spiro atoms. The van der Waals surface area contributed by atoms with Gasteiger partial charge >= 0.3 is 0 Å². The molecule has 30 heavy (non-hydrogen) atoms. The summed E-state index contributed by atoms with van der Waals surface area (Å²) in [6.45, 7) is 1.48. The lowest BCUT2D eigenvalue weighted by molar-refractivity contribution is -0.384. The van der Waals surface area contributed by atoms with Crippen molar-refractivity contribution in [2.24, 2.45) is 5.92 Å². The van der Waals surface area contributed by atoms with E-state index in [4.69, 9.17) is 11.6 Å². The van der Waals surface area contributed by atoms with E-state index in [1.54, 1.807) is 11.0 Å². The number of nitro benzene ring substituents is 1. The van der Waals surface area contributed by atoms with Crippen LogP contribution in [0.4, 0.5) is 5.69 Å². The van der Waals surface area contributed by atoms with Gasteiger partial charge in [0.15, 0.2) is 0 Å². The minimum atomic E-state index is -0.560. The SMILES string of the molecule is O=C(NCc1ccccc1)C1CCN(C(=O)C=Cc2ccc(Cl)c([N+](=O)[O-])c2)CC1. The van der Waals surface area contributed by atoms with Gasteiger partial charge in [0.25, 0.3) is 5.69 Å². The molecule has 1 fully saturated rings. The summed E-state index contributed by atoms with van der Waals surface area (Å²) in [6.07, 6.45) is 4.13. The van der Waals surface area contributed by atoms with Gasteiger partial charge in [-0.2, -0.15) is 0 Å². The summed E-state index contributed by atoms with van der Waals surface area (Å²) < 4.78 is 0. The number of hydrogen-bond donors (Lipinski definition) is 1. The normalized spacial score (nSPS) is 14.6. The molecule has 2 amide bonds. The van der Waals surface area contributed by atoms with E-state index in [9.17, 15) is 19.7 Å². The number of rotatable bonds is 6. The highest BCUT2D eigenvalue weighted by atomic mass is 35.5. The Labute approximate surface area is 179 Å². The van der Waals surface area contributed by atoms with E-state index >= 15 is 0 Å². The van der Waals surface area contributed by atoms with Gasteiger partial charge in [-0.25, -0.2) is 0 Å². The second kappa shape index (κ2) is 10.0. The standard InChI is InChI=1S/C22H22ClN3O4/c23-19-8-6-16(14-20(19)26(29)30)7-9-21(27)25-12-10-18(11-13-25)22(28)24-15-17-4-2-1-3-5-17/h1-9,14,18H,10-13,15H2,(H,24,28). The highest BCUT2D eigenvalue weighted by molar-refractivity contribution is 6.32. The number of likely N-dealkylation sites (tertiary alicyclic amines) is 1. The summed E-state index contributed by atoms with van der Waals surface area (Å²) in [4.78, 5) is 36.9. The highest BCUT2D eigenvalue weighted by Gasteiger charge is 2.26. The molecule has 0 unspecified atom stereocenters. The number of hydrogen-bond acceptors (Lipinski definition) is 4. The molecule has 1 N–H and O–H groups in total. The summed E-state index contributed by atoms with van der Waals surface area (Å²) in [5.74, 6) is -0.286. The third kappa shape index (κ3) is 5.67. The Morgan fingerprint density at radius 3 is 2.53 bits per heavy atom. The summed E-state index contributed by atoms with van der Waals surface area (Å²) >= 11 is 5.80. The van der Waals surface area contributed by atoms with Crippen molar-refractivity contribution in [2.75, 3.05) is 13.1 Å². The predicted octanol–water partition coefficient (Wildman–Crippen LogP) is 3.82. The number of nitro groups is 1. The summed E-state index contributed by atoms with van der Waals surface area (Å²) in [6, 6.07) is 14.1. The fraction of sp³-hybridized carbons (Fsp3) is 0.273. The number of piperidine rings is 1. The van der Waals surface area contributed by atoms with Gasteiger partial charge in [-0.1, -0.05) is 48.0 Å². The third-order valence-corrected chi connectivity index (χ3v) is 5.39.